The quantitative estimate of drug-likeness (QED) is 0.892. The van der Waals surface area contributed by atoms with Crippen LogP contribution in [0.1, 0.15) is 32.1 Å². The molecule has 0 amide bonds. The van der Waals surface area contributed by atoms with Gasteiger partial charge in [-0.2, -0.15) is 0 Å². The monoisotopic (exact) mass is 284 g/mol. The van der Waals surface area contributed by atoms with Crippen molar-refractivity contribution in [2.24, 2.45) is 10.6 Å². The molecule has 6 heteroatoms. The first-order chi connectivity index (χ1) is 8.99. The lowest BCUT2D eigenvalue weighted by molar-refractivity contribution is 0.118. The highest BCUT2D eigenvalue weighted by molar-refractivity contribution is 7.89. The Bertz CT molecular complexity index is 496. The minimum Gasteiger partial charge on any atom is -0.491 e. The fraction of sp³-hybridized carbons (Fsp3) is 0.615. The molecule has 1 aliphatic carbocycles. The number of ether oxygens (including phenoxy) is 1. The van der Waals surface area contributed by atoms with Crippen molar-refractivity contribution in [2.45, 2.75) is 32.1 Å². The smallest absolute Gasteiger partial charge is 0.209 e. The van der Waals surface area contributed by atoms with Crippen molar-refractivity contribution in [1.82, 2.24) is 4.98 Å². The van der Waals surface area contributed by atoms with E-state index in [1.165, 1.54) is 0 Å². The van der Waals surface area contributed by atoms with Gasteiger partial charge in [0.25, 0.3) is 0 Å². The van der Waals surface area contributed by atoms with E-state index in [1.54, 1.807) is 18.5 Å². The maximum atomic E-state index is 11.4. The lowest BCUT2D eigenvalue weighted by Gasteiger charge is -2.36. The number of sulfonamides is 1. The average molecular weight is 284 g/mol. The van der Waals surface area contributed by atoms with E-state index in [-0.39, 0.29) is 11.2 Å². The number of nitrogens with zero attached hydrogens (tertiary/aromatic N) is 1. The van der Waals surface area contributed by atoms with Crippen LogP contribution < -0.4 is 9.88 Å². The SMILES string of the molecule is NS(=O)(=O)CC1(COc2cccnc2)CCCCC1. The molecule has 106 valence electrons. The van der Waals surface area contributed by atoms with Crippen molar-refractivity contribution < 1.29 is 13.2 Å². The molecular formula is C13H20N2O3S. The second-order valence-corrected chi connectivity index (χ2v) is 6.96. The number of hydrogen-bond acceptors (Lipinski definition) is 4. The van der Waals surface area contributed by atoms with Gasteiger partial charge in [-0.1, -0.05) is 19.3 Å². The Morgan fingerprint density at radius 1 is 1.32 bits per heavy atom. The highest BCUT2D eigenvalue weighted by Gasteiger charge is 2.36. The lowest BCUT2D eigenvalue weighted by atomic mass is 9.76. The number of pyridine rings is 1. The summed E-state index contributed by atoms with van der Waals surface area (Å²) >= 11 is 0. The molecule has 0 bridgehead atoms. The summed E-state index contributed by atoms with van der Waals surface area (Å²) in [5.74, 6) is 0.669. The molecule has 0 saturated heterocycles. The minimum atomic E-state index is -3.48. The summed E-state index contributed by atoms with van der Waals surface area (Å²) in [6.07, 6.45) is 8.23. The van der Waals surface area contributed by atoms with Crippen LogP contribution in [0.5, 0.6) is 5.75 Å². The largest absolute Gasteiger partial charge is 0.491 e. The summed E-state index contributed by atoms with van der Waals surface area (Å²) in [6.45, 7) is 0.384. The fourth-order valence-electron chi connectivity index (χ4n) is 2.73. The molecule has 1 aromatic rings. The van der Waals surface area contributed by atoms with E-state index in [4.69, 9.17) is 9.88 Å². The van der Waals surface area contributed by atoms with Crippen molar-refractivity contribution in [3.8, 4) is 5.75 Å². The second kappa shape index (κ2) is 5.88. The van der Waals surface area contributed by atoms with Gasteiger partial charge in [-0.25, -0.2) is 13.6 Å². The number of aromatic nitrogens is 1. The van der Waals surface area contributed by atoms with E-state index < -0.39 is 10.0 Å². The maximum Gasteiger partial charge on any atom is 0.209 e. The summed E-state index contributed by atoms with van der Waals surface area (Å²) < 4.78 is 28.6. The zero-order chi connectivity index (χ0) is 13.8. The van der Waals surface area contributed by atoms with E-state index in [9.17, 15) is 8.42 Å². The molecular weight excluding hydrogens is 264 g/mol. The molecule has 1 heterocycles. The Kier molecular flexibility index (Phi) is 4.42. The first kappa shape index (κ1) is 14.3. The van der Waals surface area contributed by atoms with E-state index in [2.05, 4.69) is 4.98 Å². The number of nitrogens with two attached hydrogens (primary N) is 1. The van der Waals surface area contributed by atoms with Gasteiger partial charge >= 0.3 is 0 Å². The molecule has 1 saturated carbocycles. The molecule has 1 aromatic heterocycles. The normalized spacial score (nSPS) is 19.0. The van der Waals surface area contributed by atoms with Crippen LogP contribution >= 0.6 is 0 Å². The van der Waals surface area contributed by atoms with Gasteiger partial charge in [0.15, 0.2) is 0 Å². The predicted molar refractivity (Wildman–Crippen MR) is 73.2 cm³/mol. The fourth-order valence-corrected chi connectivity index (χ4v) is 3.95. The third-order valence-electron chi connectivity index (χ3n) is 3.60. The van der Waals surface area contributed by atoms with Crippen molar-refractivity contribution in [3.63, 3.8) is 0 Å². The maximum absolute atomic E-state index is 11.4. The molecule has 0 aromatic carbocycles. The standard InChI is InChI=1S/C13H20N2O3S/c14-19(16,17)11-13(6-2-1-3-7-13)10-18-12-5-4-8-15-9-12/h4-5,8-9H,1-3,6-7,10-11H2,(H2,14,16,17). The minimum absolute atomic E-state index is 0.000260. The first-order valence-corrected chi connectivity index (χ1v) is 8.24. The summed E-state index contributed by atoms with van der Waals surface area (Å²) in [5.41, 5.74) is -0.346. The molecule has 0 spiro atoms. The van der Waals surface area contributed by atoms with Gasteiger partial charge in [-0.3, -0.25) is 4.98 Å². The lowest BCUT2D eigenvalue weighted by Crippen LogP contribution is -2.40. The zero-order valence-corrected chi connectivity index (χ0v) is 11.7. The van der Waals surface area contributed by atoms with Gasteiger partial charge in [0.05, 0.1) is 18.6 Å². The summed E-state index contributed by atoms with van der Waals surface area (Å²) in [7, 11) is -3.48. The Morgan fingerprint density at radius 2 is 2.05 bits per heavy atom. The van der Waals surface area contributed by atoms with Crippen LogP contribution in [-0.2, 0) is 10.0 Å². The van der Waals surface area contributed by atoms with Gasteiger partial charge < -0.3 is 4.74 Å². The van der Waals surface area contributed by atoms with Gasteiger partial charge in [-0.05, 0) is 25.0 Å². The van der Waals surface area contributed by atoms with E-state index in [0.29, 0.717) is 12.4 Å². The summed E-state index contributed by atoms with van der Waals surface area (Å²) in [4.78, 5) is 3.98. The van der Waals surface area contributed by atoms with E-state index >= 15 is 0 Å². The van der Waals surface area contributed by atoms with Crippen LogP contribution in [0.25, 0.3) is 0 Å². The number of rotatable bonds is 5. The third kappa shape index (κ3) is 4.47. The van der Waals surface area contributed by atoms with Crippen LogP contribution in [0.15, 0.2) is 24.5 Å². The first-order valence-electron chi connectivity index (χ1n) is 6.53. The highest BCUT2D eigenvalue weighted by Crippen LogP contribution is 2.37. The molecule has 0 atom stereocenters. The van der Waals surface area contributed by atoms with Crippen LogP contribution in [0.2, 0.25) is 0 Å². The van der Waals surface area contributed by atoms with Crippen molar-refractivity contribution in [3.05, 3.63) is 24.5 Å². The molecule has 5 nitrogen and oxygen atoms in total. The van der Waals surface area contributed by atoms with E-state index in [1.807, 2.05) is 6.07 Å². The van der Waals surface area contributed by atoms with Crippen LogP contribution in [0, 0.1) is 5.41 Å². The zero-order valence-electron chi connectivity index (χ0n) is 10.9. The Morgan fingerprint density at radius 3 is 2.63 bits per heavy atom. The molecule has 19 heavy (non-hydrogen) atoms. The van der Waals surface area contributed by atoms with Gasteiger partial charge in [-0.15, -0.1) is 0 Å². The predicted octanol–water partition coefficient (Wildman–Crippen LogP) is 1.70. The van der Waals surface area contributed by atoms with Crippen molar-refractivity contribution in [2.75, 3.05) is 12.4 Å². The molecule has 0 radical (unpaired) electrons. The van der Waals surface area contributed by atoms with Crippen LogP contribution in [-0.4, -0.2) is 25.8 Å². The number of hydrogen-bond donors (Lipinski definition) is 1. The molecule has 1 aliphatic rings. The van der Waals surface area contributed by atoms with Crippen molar-refractivity contribution in [1.29, 1.82) is 0 Å². The Hall–Kier alpha value is -1.14. The van der Waals surface area contributed by atoms with Crippen LogP contribution in [0.4, 0.5) is 0 Å². The Balaban J connectivity index is 2.05. The van der Waals surface area contributed by atoms with Gasteiger partial charge in [0.1, 0.15) is 5.75 Å². The van der Waals surface area contributed by atoms with E-state index in [0.717, 1.165) is 32.1 Å². The van der Waals surface area contributed by atoms with Gasteiger partial charge in [0.2, 0.25) is 10.0 Å². The van der Waals surface area contributed by atoms with Crippen LogP contribution in [0.3, 0.4) is 0 Å². The van der Waals surface area contributed by atoms with Gasteiger partial charge in [0, 0.05) is 11.6 Å². The average Bonchev–Trinajstić information content (AvgIpc) is 2.37. The summed E-state index contributed by atoms with van der Waals surface area (Å²) in [6, 6.07) is 3.61. The topological polar surface area (TPSA) is 82.3 Å². The molecule has 1 fully saturated rings. The molecule has 2 rings (SSSR count). The molecule has 0 unspecified atom stereocenters. The summed E-state index contributed by atoms with van der Waals surface area (Å²) in [5, 5.41) is 5.22. The third-order valence-corrected chi connectivity index (χ3v) is 4.62. The van der Waals surface area contributed by atoms with Crippen molar-refractivity contribution >= 4 is 10.0 Å². The molecule has 0 aliphatic heterocycles. The second-order valence-electron chi connectivity index (χ2n) is 5.35. The Labute approximate surface area is 114 Å². The highest BCUT2D eigenvalue weighted by atomic mass is 32.2. The molecule has 2 N–H and O–H groups in total. The number of primary sulfonamides is 1.